The zero-order valence-electron chi connectivity index (χ0n) is 27.7. The molecule has 1 amide bonds. The summed E-state index contributed by atoms with van der Waals surface area (Å²) in [5.74, 6) is -0.700. The van der Waals surface area contributed by atoms with Crippen molar-refractivity contribution in [2.75, 3.05) is 13.2 Å². The highest BCUT2D eigenvalue weighted by atomic mass is 32.2. The van der Waals surface area contributed by atoms with Gasteiger partial charge in [-0.3, -0.25) is 18.7 Å². The highest BCUT2D eigenvalue weighted by Gasteiger charge is 2.44. The number of nitrogens with zero attached hydrogens (tertiary/aromatic N) is 1. The topological polar surface area (TPSA) is 72.9 Å². The predicted octanol–water partition coefficient (Wildman–Crippen LogP) is 7.78. The van der Waals surface area contributed by atoms with E-state index in [9.17, 15) is 14.4 Å². The van der Waals surface area contributed by atoms with Crippen molar-refractivity contribution in [3.63, 3.8) is 0 Å². The van der Waals surface area contributed by atoms with Gasteiger partial charge in [0.2, 0.25) is 16.4 Å². The van der Waals surface area contributed by atoms with Gasteiger partial charge in [0.25, 0.3) is 5.12 Å². The summed E-state index contributed by atoms with van der Waals surface area (Å²) in [6.07, 6.45) is 0.848. The van der Waals surface area contributed by atoms with Crippen molar-refractivity contribution >= 4 is 48.1 Å². The van der Waals surface area contributed by atoms with Crippen LogP contribution in [0.4, 0.5) is 0 Å². The van der Waals surface area contributed by atoms with E-state index in [-0.39, 0.29) is 29.3 Å². The monoisotopic (exact) mass is 658 g/mol. The van der Waals surface area contributed by atoms with Crippen molar-refractivity contribution in [1.29, 1.82) is 0 Å². The number of carbonyl (C=O) groups excluding carboxylic acids is 3. The van der Waals surface area contributed by atoms with Crippen molar-refractivity contribution in [2.24, 2.45) is 0 Å². The van der Waals surface area contributed by atoms with Gasteiger partial charge in [-0.2, -0.15) is 0 Å². The van der Waals surface area contributed by atoms with Gasteiger partial charge in [0, 0.05) is 25.1 Å². The lowest BCUT2D eigenvalue weighted by Gasteiger charge is -2.41. The van der Waals surface area contributed by atoms with Crippen LogP contribution in [-0.4, -0.2) is 53.6 Å². The molecule has 1 aliphatic heterocycles. The lowest BCUT2D eigenvalue weighted by atomic mass is 9.69. The fourth-order valence-corrected chi connectivity index (χ4v) is 7.72. The molecule has 45 heavy (non-hydrogen) atoms. The van der Waals surface area contributed by atoms with Crippen molar-refractivity contribution < 1.29 is 23.2 Å². The first-order valence-corrected chi connectivity index (χ1v) is 19.4. The normalized spacial score (nSPS) is 15.6. The molecule has 0 aromatic heterocycles. The van der Waals surface area contributed by atoms with E-state index in [1.165, 1.54) is 9.87 Å². The van der Waals surface area contributed by atoms with Crippen LogP contribution in [0.1, 0.15) is 69.7 Å². The van der Waals surface area contributed by atoms with Crippen LogP contribution in [-0.2, 0) is 41.7 Å². The Morgan fingerprint density at radius 1 is 0.956 bits per heavy atom. The highest BCUT2D eigenvalue weighted by Crippen LogP contribution is 2.50. The Morgan fingerprint density at radius 3 is 1.93 bits per heavy atom. The molecule has 0 unspecified atom stereocenters. The maximum absolute atomic E-state index is 13.8. The molecule has 1 atom stereocenters. The molecule has 1 heterocycles. The molecule has 1 fully saturated rings. The van der Waals surface area contributed by atoms with Crippen LogP contribution in [0.5, 0.6) is 0 Å². The molecule has 3 aromatic carbocycles. The second-order valence-electron chi connectivity index (χ2n) is 14.1. The molecule has 0 spiro atoms. The first-order chi connectivity index (χ1) is 21.1. The van der Waals surface area contributed by atoms with E-state index in [1.807, 2.05) is 36.4 Å². The summed E-state index contributed by atoms with van der Waals surface area (Å²) < 4.78 is 13.8. The average molecular weight is 659 g/mol. The summed E-state index contributed by atoms with van der Waals surface area (Å²) in [7, 11) is 1.24. The molecule has 1 aliphatic rings. The molecule has 3 radical (unpaired) electrons. The largest absolute Gasteiger partial charge is 0.416 e. The lowest BCUT2D eigenvalue weighted by Crippen LogP contribution is -2.48. The molecule has 0 N–H and O–H groups in total. The molecular formula is C36H44NO5SSi2. The number of carbonyl (C=O) groups is 3. The molecule has 237 valence electrons. The first kappa shape index (κ1) is 35.0. The van der Waals surface area contributed by atoms with Crippen molar-refractivity contribution in [3.8, 4) is 22.3 Å². The summed E-state index contributed by atoms with van der Waals surface area (Å²) in [4.78, 5) is 36.9. The molecule has 9 heteroatoms. The molecular weight excluding hydrogens is 615 g/mol. The molecule has 0 bridgehead atoms. The van der Waals surface area contributed by atoms with Crippen LogP contribution >= 0.6 is 11.9 Å². The fourth-order valence-electron chi connectivity index (χ4n) is 5.82. The maximum Gasteiger partial charge on any atom is 0.272 e. The Kier molecular flexibility index (Phi) is 10.8. The van der Waals surface area contributed by atoms with E-state index in [1.54, 1.807) is 0 Å². The van der Waals surface area contributed by atoms with Crippen molar-refractivity contribution in [3.05, 3.63) is 82.9 Å². The molecule has 1 saturated heterocycles. The summed E-state index contributed by atoms with van der Waals surface area (Å²) in [6.45, 7) is 18.9. The van der Waals surface area contributed by atoms with Gasteiger partial charge < -0.3 is 8.85 Å². The fraction of sp³-hybridized carbons (Fsp3) is 0.417. The Balaban J connectivity index is 2.08. The van der Waals surface area contributed by atoms with Crippen LogP contribution in [0.15, 0.2) is 60.7 Å². The minimum Gasteiger partial charge on any atom is -0.416 e. The highest BCUT2D eigenvalue weighted by molar-refractivity contribution is 8.13. The van der Waals surface area contributed by atoms with Gasteiger partial charge >= 0.3 is 0 Å². The quantitative estimate of drug-likeness (QED) is 0.0689. The number of amides is 1. The zero-order valence-corrected chi connectivity index (χ0v) is 30.5. The molecule has 3 aromatic rings. The summed E-state index contributed by atoms with van der Waals surface area (Å²) in [5.41, 5.74) is 8.08. The number of hydrogen-bond acceptors (Lipinski definition) is 6. The van der Waals surface area contributed by atoms with Gasteiger partial charge in [0.1, 0.15) is 0 Å². The summed E-state index contributed by atoms with van der Waals surface area (Å²) in [5, 5.41) is -0.639. The lowest BCUT2D eigenvalue weighted by molar-refractivity contribution is -0.135. The molecule has 0 aliphatic carbocycles. The van der Waals surface area contributed by atoms with E-state index in [0.717, 1.165) is 38.9 Å². The molecule has 4 rings (SSSR count). The SMILES string of the molecule is CC(C)(C)c1c(-c2ccccc2)c(CCO[Si](C)(C)C(C)(C)C)c([C@H]2CN(SC(=O)C=O)C2=O)c(CO[Si])c1-c1ccccc1. The van der Waals surface area contributed by atoms with E-state index >= 15 is 0 Å². The van der Waals surface area contributed by atoms with Crippen LogP contribution < -0.4 is 0 Å². The van der Waals surface area contributed by atoms with Gasteiger partial charge in [0.05, 0.1) is 12.5 Å². The smallest absolute Gasteiger partial charge is 0.272 e. The third-order valence-electron chi connectivity index (χ3n) is 9.00. The van der Waals surface area contributed by atoms with Crippen LogP contribution in [0, 0.1) is 0 Å². The van der Waals surface area contributed by atoms with Crippen LogP contribution in [0.2, 0.25) is 18.1 Å². The third-order valence-corrected chi connectivity index (χ3v) is 14.5. The van der Waals surface area contributed by atoms with Gasteiger partial charge in [0.15, 0.2) is 14.6 Å². The van der Waals surface area contributed by atoms with E-state index in [4.69, 9.17) is 8.85 Å². The Bertz CT molecular complexity index is 1550. The maximum atomic E-state index is 13.8. The van der Waals surface area contributed by atoms with E-state index < -0.39 is 19.4 Å². The predicted molar refractivity (Wildman–Crippen MR) is 187 cm³/mol. The second-order valence-corrected chi connectivity index (χ2v) is 20.2. The number of β-lactam (4-membered cyclic amide) rings is 1. The summed E-state index contributed by atoms with van der Waals surface area (Å²) in [6, 6.07) is 20.6. The second kappa shape index (κ2) is 13.9. The van der Waals surface area contributed by atoms with Gasteiger partial charge in [-0.05, 0) is 74.5 Å². The minimum atomic E-state index is -2.07. The van der Waals surface area contributed by atoms with Gasteiger partial charge in [-0.25, -0.2) is 0 Å². The zero-order chi connectivity index (χ0) is 33.2. The number of rotatable bonds is 11. The third kappa shape index (κ3) is 7.44. The van der Waals surface area contributed by atoms with Crippen molar-refractivity contribution in [1.82, 2.24) is 4.31 Å². The van der Waals surface area contributed by atoms with E-state index in [2.05, 4.69) is 89.4 Å². The van der Waals surface area contributed by atoms with Crippen LogP contribution in [0.3, 0.4) is 0 Å². The number of hydrogen-bond donors (Lipinski definition) is 0. The Labute approximate surface area is 277 Å². The summed E-state index contributed by atoms with van der Waals surface area (Å²) >= 11 is 0.667. The standard InChI is InChI=1S/C36H44NO5SSi2/c1-35(2,3)33-30(24-15-11-9-12-16-24)26(19-20-42-45(7,8)36(4,5)6)32(27-21-37(34(27)40)43-29(39)22-38)28(23-41-44)31(33)25-17-13-10-14-18-25/h9-18,22,27H,19-21,23H2,1-8H3/t27-/m1/s1. The van der Waals surface area contributed by atoms with Gasteiger partial charge in [-0.15, -0.1) is 0 Å². The van der Waals surface area contributed by atoms with Gasteiger partial charge in [-0.1, -0.05) is 102 Å². The molecule has 0 saturated carbocycles. The van der Waals surface area contributed by atoms with Crippen LogP contribution in [0.25, 0.3) is 22.3 Å². The molecule has 6 nitrogen and oxygen atoms in total. The van der Waals surface area contributed by atoms with Crippen molar-refractivity contribution in [2.45, 2.75) is 84.0 Å². The number of aldehydes is 1. The average Bonchev–Trinajstić information content (AvgIpc) is 2.98. The Morgan fingerprint density at radius 2 is 1.49 bits per heavy atom. The first-order valence-electron chi connectivity index (χ1n) is 15.4. The minimum absolute atomic E-state index is 0.0489. The number of benzene rings is 3. The Hall–Kier alpha value is -2.83. The van der Waals surface area contributed by atoms with E-state index in [0.29, 0.717) is 31.5 Å².